The largest absolute Gasteiger partial charge is 0.470 e. The Morgan fingerprint density at radius 2 is 0.649 bits per heavy atom. The van der Waals surface area contributed by atoms with Crippen LogP contribution in [0, 0.1) is 103 Å². The van der Waals surface area contributed by atoms with Crippen LogP contribution in [-0.4, -0.2) is 175 Å². The normalized spacial score (nSPS) is 19.1. The van der Waals surface area contributed by atoms with E-state index in [4.69, 9.17) is 84.5 Å². The standard InChI is InChI=1S/C69H96N20O8/c1-65(2)28-45(49(36-78)54(32-65)86(20-12-70)21-13-71)52(39-81)61(90)94-41-69(42-95-62(91)53(40-82)46-29-66(3,4)33-55(50(46)37-79)87(22-14-72)23-15-73,43-96-63(92)59(84-10)47-30-67(5,6)34-56(51(47)38-80)88(24-16-74)25-17-75)44-97-64(93)60(85-11)48-31-68(7,8)35-57(58(48)83-9)89(26-18-76)27-19-77/h12-35,41-44,70-77H2,1-8H3/b52-45+,53-46+,59-47+,60-48-. The Morgan fingerprint density at radius 3 is 0.918 bits per heavy atom. The first-order valence-corrected chi connectivity index (χ1v) is 32.3. The molecule has 0 aliphatic heterocycles. The van der Waals surface area contributed by atoms with Crippen LogP contribution in [0.1, 0.15) is 107 Å². The van der Waals surface area contributed by atoms with Crippen LogP contribution in [0.3, 0.4) is 0 Å². The van der Waals surface area contributed by atoms with E-state index in [2.05, 4.69) is 32.7 Å². The number of nitrogens with zero attached hydrogens (tertiary/aromatic N) is 12. The number of carbonyl (C=O) groups is 4. The number of allylic oxidation sites excluding steroid dienone is 11. The van der Waals surface area contributed by atoms with Gasteiger partial charge in [-0.05, 0) is 95.3 Å². The van der Waals surface area contributed by atoms with Crippen LogP contribution >= 0.6 is 0 Å². The van der Waals surface area contributed by atoms with Gasteiger partial charge in [-0.1, -0.05) is 55.4 Å². The van der Waals surface area contributed by atoms with Crippen molar-refractivity contribution in [2.45, 2.75) is 107 Å². The summed E-state index contributed by atoms with van der Waals surface area (Å²) in [4.78, 5) is 78.5. The molecule has 0 aromatic heterocycles. The molecule has 4 aliphatic rings. The first-order valence-electron chi connectivity index (χ1n) is 32.3. The van der Waals surface area contributed by atoms with E-state index in [9.17, 15) is 26.3 Å². The lowest BCUT2D eigenvalue weighted by atomic mass is 9.72. The molecule has 0 saturated heterocycles. The van der Waals surface area contributed by atoms with Gasteiger partial charge in [0.2, 0.25) is 0 Å². The summed E-state index contributed by atoms with van der Waals surface area (Å²) >= 11 is 0. The van der Waals surface area contributed by atoms with Crippen LogP contribution in [0.15, 0.2) is 90.0 Å². The van der Waals surface area contributed by atoms with Crippen LogP contribution in [0.2, 0.25) is 0 Å². The summed E-state index contributed by atoms with van der Waals surface area (Å²) in [6.45, 7) is 39.6. The van der Waals surface area contributed by atoms with Gasteiger partial charge >= 0.3 is 23.9 Å². The van der Waals surface area contributed by atoms with E-state index in [1.165, 1.54) is 0 Å². The average molecular weight is 1330 g/mol. The number of ether oxygens (including phenoxy) is 4. The summed E-state index contributed by atoms with van der Waals surface area (Å²) in [7, 11) is 0. The summed E-state index contributed by atoms with van der Waals surface area (Å²) in [5.74, 6) is -5.34. The molecule has 0 fully saturated rings. The summed E-state index contributed by atoms with van der Waals surface area (Å²) in [6, 6.07) is 10.4. The van der Waals surface area contributed by atoms with E-state index in [-0.39, 0.29) is 175 Å². The smallest absolute Gasteiger partial charge is 0.349 e. The van der Waals surface area contributed by atoms with Gasteiger partial charge in [0, 0.05) is 128 Å². The molecule has 4 aliphatic carbocycles. The third kappa shape index (κ3) is 20.3. The van der Waals surface area contributed by atoms with Crippen LogP contribution in [-0.2, 0) is 38.1 Å². The molecule has 0 heterocycles. The molecule has 16 N–H and O–H groups in total. The lowest BCUT2D eigenvalue weighted by Crippen LogP contribution is -2.44. The molecule has 0 radical (unpaired) electrons. The van der Waals surface area contributed by atoms with E-state index in [0.29, 0.717) is 48.5 Å². The maximum atomic E-state index is 15.0. The molecule has 28 heteroatoms. The summed E-state index contributed by atoms with van der Waals surface area (Å²) in [5, 5.41) is 54.6. The first kappa shape index (κ1) is 80.0. The lowest BCUT2D eigenvalue weighted by Gasteiger charge is -2.39. The third-order valence-electron chi connectivity index (χ3n) is 17.2. The molecule has 520 valence electrons. The molecule has 0 saturated carbocycles. The van der Waals surface area contributed by atoms with Crippen molar-refractivity contribution in [2.24, 2.45) is 72.9 Å². The Bertz CT molecular complexity index is 3120. The van der Waals surface area contributed by atoms with Crippen molar-refractivity contribution in [3.8, 4) is 30.3 Å². The summed E-state index contributed by atoms with van der Waals surface area (Å²) in [5.41, 5.74) is 42.6. The molecule has 28 nitrogen and oxygen atoms in total. The van der Waals surface area contributed by atoms with Crippen LogP contribution < -0.4 is 45.9 Å². The molecular weight excluding hydrogens is 1240 g/mol. The quantitative estimate of drug-likeness (QED) is 0.0156. The topological polar surface area (TPSA) is 458 Å². The van der Waals surface area contributed by atoms with Gasteiger partial charge in [0.25, 0.3) is 11.4 Å². The minimum absolute atomic E-state index is 0.000146. The molecule has 0 unspecified atom stereocenters. The number of carbonyl (C=O) groups excluding carboxylic acids is 4. The highest BCUT2D eigenvalue weighted by Gasteiger charge is 2.45. The van der Waals surface area contributed by atoms with Crippen LogP contribution in [0.5, 0.6) is 0 Å². The third-order valence-corrected chi connectivity index (χ3v) is 17.2. The van der Waals surface area contributed by atoms with Crippen LogP contribution in [0.4, 0.5) is 0 Å². The second-order valence-electron chi connectivity index (χ2n) is 27.6. The van der Waals surface area contributed by atoms with Gasteiger partial charge in [0.05, 0.1) is 42.5 Å². The van der Waals surface area contributed by atoms with E-state index in [1.54, 1.807) is 0 Å². The van der Waals surface area contributed by atoms with Gasteiger partial charge in [-0.25, -0.2) is 24.1 Å². The summed E-state index contributed by atoms with van der Waals surface area (Å²) in [6.07, 6.45) is 1.39. The highest BCUT2D eigenvalue weighted by atomic mass is 16.6. The Balaban J connectivity index is 2.17. The molecule has 0 aromatic carbocycles. The minimum atomic E-state index is -2.35. The van der Waals surface area contributed by atoms with Crippen molar-refractivity contribution in [2.75, 3.05) is 131 Å². The Labute approximate surface area is 571 Å². The molecule has 0 spiro atoms. The lowest BCUT2D eigenvalue weighted by molar-refractivity contribution is -0.165. The van der Waals surface area contributed by atoms with E-state index in [1.807, 2.05) is 87.1 Å². The van der Waals surface area contributed by atoms with Gasteiger partial charge in [-0.3, -0.25) is 9.59 Å². The van der Waals surface area contributed by atoms with Crippen molar-refractivity contribution in [1.82, 2.24) is 19.6 Å². The molecule has 4 rings (SSSR count). The first-order chi connectivity index (χ1) is 46.0. The van der Waals surface area contributed by atoms with E-state index < -0.39 is 99.9 Å². The van der Waals surface area contributed by atoms with Gasteiger partial charge in [0.1, 0.15) is 67.3 Å². The van der Waals surface area contributed by atoms with Gasteiger partial charge in [-0.15, -0.1) is 0 Å². The zero-order valence-corrected chi connectivity index (χ0v) is 57.6. The number of esters is 4. The molecule has 0 amide bonds. The second-order valence-corrected chi connectivity index (χ2v) is 27.6. The number of rotatable bonds is 32. The van der Waals surface area contributed by atoms with Crippen molar-refractivity contribution in [3.63, 3.8) is 0 Å². The SMILES string of the molecule is [C-]#[N+]C1=C(N(CCN)CCN)CC(C)(C)C/C1=C(/[N+]#[C-])C(=O)OCC(COC(=O)/C(C#N)=C1\CC(C)(C)CC(N(CCN)CCN)=C1C#N)(COC(=O)/C(C#N)=C1\CC(C)(C)CC(N(CCN)CCN)=C1C#N)COC(=O)/C([N+]#[C-])=C1/CC(C)(C)CC(N(CCN)CCN)=C1C#N. The fourth-order valence-electron chi connectivity index (χ4n) is 12.9. The molecule has 0 bridgehead atoms. The monoisotopic (exact) mass is 1330 g/mol. The van der Waals surface area contributed by atoms with Gasteiger partial charge in [0.15, 0.2) is 5.70 Å². The average Bonchev–Trinajstić information content (AvgIpc) is 0.800. The number of hydrogen-bond donors (Lipinski definition) is 8. The summed E-state index contributed by atoms with van der Waals surface area (Å²) < 4.78 is 24.4. The zero-order chi connectivity index (χ0) is 72.6. The Morgan fingerprint density at radius 1 is 0.402 bits per heavy atom. The molecule has 0 aromatic rings. The minimum Gasteiger partial charge on any atom is -0.470 e. The predicted molar refractivity (Wildman–Crippen MR) is 361 cm³/mol. The fraction of sp³-hybridized carbons (Fsp3) is 0.594. The maximum Gasteiger partial charge on any atom is 0.349 e. The molecule has 0 atom stereocenters. The van der Waals surface area contributed by atoms with Crippen LogP contribution in [0.25, 0.3) is 14.5 Å². The Kier molecular flexibility index (Phi) is 29.8. The highest BCUT2D eigenvalue weighted by Crippen LogP contribution is 2.49. The van der Waals surface area contributed by atoms with Crippen molar-refractivity contribution in [1.29, 1.82) is 26.3 Å². The van der Waals surface area contributed by atoms with Crippen molar-refractivity contribution < 1.29 is 38.1 Å². The number of nitriles is 5. The van der Waals surface area contributed by atoms with Crippen molar-refractivity contribution in [3.05, 3.63) is 124 Å². The fourth-order valence-corrected chi connectivity index (χ4v) is 12.9. The second kappa shape index (κ2) is 36.1. The zero-order valence-electron chi connectivity index (χ0n) is 57.6. The van der Waals surface area contributed by atoms with Gasteiger partial charge in [-0.2, -0.15) is 26.3 Å². The van der Waals surface area contributed by atoms with Gasteiger partial charge < -0.3 is 84.4 Å². The van der Waals surface area contributed by atoms with Crippen molar-refractivity contribution >= 4 is 23.9 Å². The predicted octanol–water partition coefficient (Wildman–Crippen LogP) is 3.75. The van der Waals surface area contributed by atoms with E-state index in [0.717, 1.165) is 0 Å². The number of hydrogen-bond acceptors (Lipinski definition) is 25. The molecular formula is C69H96N20O8. The highest BCUT2D eigenvalue weighted by molar-refractivity contribution is 5.96. The maximum absolute atomic E-state index is 15.0. The Hall–Kier alpha value is -9.40. The van der Waals surface area contributed by atoms with E-state index >= 15 is 19.2 Å². The number of nitrogens with two attached hydrogens (primary N) is 8. The molecule has 97 heavy (non-hydrogen) atoms.